The fraction of sp³-hybridized carbons (Fsp3) is 0.375. The Kier molecular flexibility index (Phi) is 3.21. The van der Waals surface area contributed by atoms with Crippen molar-refractivity contribution in [2.45, 2.75) is 18.6 Å². The Morgan fingerprint density at radius 1 is 1.54 bits per heavy atom. The number of pyridine rings is 1. The molecule has 1 heterocycles. The number of hydrogen-bond acceptors (Lipinski definition) is 3. The molecule has 1 aromatic heterocycles. The van der Waals surface area contributed by atoms with Gasteiger partial charge in [0.15, 0.2) is 0 Å². The van der Waals surface area contributed by atoms with Crippen LogP contribution >= 0.6 is 15.9 Å². The van der Waals surface area contributed by atoms with E-state index in [1.807, 2.05) is 0 Å². The van der Waals surface area contributed by atoms with Crippen molar-refractivity contribution in [3.63, 3.8) is 0 Å². The Balaban J connectivity index is 3.08. The van der Waals surface area contributed by atoms with E-state index >= 15 is 0 Å². The first-order valence-electron chi connectivity index (χ1n) is 3.66. The summed E-state index contributed by atoms with van der Waals surface area (Å²) >= 11 is 1.07. The van der Waals surface area contributed by atoms with E-state index in [2.05, 4.69) is 20.9 Å². The first-order chi connectivity index (χ1) is 5.94. The Bertz CT molecular complexity index is 323. The standard InChI is InChI=1S/C8H10BrNO2S/c1-8(2,13(11)12)7-4-3-6(9)5-10-7/h3-5H,1-2H3,(H,11,12)/p-1. The van der Waals surface area contributed by atoms with Crippen molar-refractivity contribution in [3.05, 3.63) is 28.5 Å². The molecule has 0 aliphatic rings. The summed E-state index contributed by atoms with van der Waals surface area (Å²) in [4.78, 5) is 4.03. The van der Waals surface area contributed by atoms with E-state index in [0.717, 1.165) is 4.47 Å². The summed E-state index contributed by atoms with van der Waals surface area (Å²) in [5, 5.41) is 0. The Morgan fingerprint density at radius 3 is 2.54 bits per heavy atom. The van der Waals surface area contributed by atoms with Crippen molar-refractivity contribution in [2.75, 3.05) is 0 Å². The summed E-state index contributed by atoms with van der Waals surface area (Å²) in [6.07, 6.45) is 1.59. The summed E-state index contributed by atoms with van der Waals surface area (Å²) < 4.78 is 21.6. The Labute approximate surface area is 88.0 Å². The molecule has 72 valence electrons. The van der Waals surface area contributed by atoms with Gasteiger partial charge in [-0.05, 0) is 53.0 Å². The van der Waals surface area contributed by atoms with E-state index in [0.29, 0.717) is 5.69 Å². The van der Waals surface area contributed by atoms with Gasteiger partial charge in [-0.3, -0.25) is 9.19 Å². The lowest BCUT2D eigenvalue weighted by atomic mass is 10.1. The van der Waals surface area contributed by atoms with Crippen LogP contribution in [0.2, 0.25) is 0 Å². The van der Waals surface area contributed by atoms with Gasteiger partial charge in [-0.2, -0.15) is 0 Å². The van der Waals surface area contributed by atoms with Gasteiger partial charge in [-0.15, -0.1) is 0 Å². The average Bonchev–Trinajstić information content (AvgIpc) is 2.04. The normalized spacial score (nSPS) is 14.2. The Morgan fingerprint density at radius 2 is 2.15 bits per heavy atom. The molecule has 0 radical (unpaired) electrons. The van der Waals surface area contributed by atoms with E-state index in [1.54, 1.807) is 32.2 Å². The van der Waals surface area contributed by atoms with E-state index in [-0.39, 0.29) is 0 Å². The molecular formula is C8H9BrNO2S-. The minimum atomic E-state index is -2.16. The van der Waals surface area contributed by atoms with Crippen molar-refractivity contribution in [1.82, 2.24) is 4.98 Å². The fourth-order valence-corrected chi connectivity index (χ4v) is 1.34. The quantitative estimate of drug-likeness (QED) is 0.766. The molecule has 1 atom stereocenters. The van der Waals surface area contributed by atoms with Crippen molar-refractivity contribution in [3.8, 4) is 0 Å². The second kappa shape index (κ2) is 3.86. The average molecular weight is 263 g/mol. The zero-order chi connectivity index (χ0) is 10.1. The zero-order valence-corrected chi connectivity index (χ0v) is 9.68. The number of aromatic nitrogens is 1. The molecule has 5 heteroatoms. The third-order valence-electron chi connectivity index (χ3n) is 1.76. The van der Waals surface area contributed by atoms with Gasteiger partial charge in [0, 0.05) is 10.7 Å². The predicted octanol–water partition coefficient (Wildman–Crippen LogP) is 1.96. The maximum atomic E-state index is 10.9. The topological polar surface area (TPSA) is 53.0 Å². The molecule has 0 fully saturated rings. The largest absolute Gasteiger partial charge is 0.772 e. The highest BCUT2D eigenvalue weighted by Crippen LogP contribution is 2.24. The summed E-state index contributed by atoms with van der Waals surface area (Å²) in [5.41, 5.74) is 0.545. The van der Waals surface area contributed by atoms with Gasteiger partial charge in [-0.25, -0.2) is 0 Å². The van der Waals surface area contributed by atoms with Crippen LogP contribution in [0.25, 0.3) is 0 Å². The molecule has 0 amide bonds. The van der Waals surface area contributed by atoms with E-state index in [1.165, 1.54) is 0 Å². The fourth-order valence-electron chi connectivity index (χ4n) is 0.817. The second-order valence-electron chi connectivity index (χ2n) is 3.11. The molecule has 13 heavy (non-hydrogen) atoms. The van der Waals surface area contributed by atoms with E-state index < -0.39 is 15.8 Å². The number of halogens is 1. The summed E-state index contributed by atoms with van der Waals surface area (Å²) in [6.45, 7) is 3.23. The second-order valence-corrected chi connectivity index (χ2v) is 5.51. The van der Waals surface area contributed by atoms with Crippen LogP contribution in [0, 0.1) is 0 Å². The zero-order valence-electron chi connectivity index (χ0n) is 7.28. The molecule has 1 aromatic rings. The molecule has 0 aliphatic heterocycles. The minimum absolute atomic E-state index is 0.545. The third kappa shape index (κ3) is 2.36. The number of rotatable bonds is 2. The molecular weight excluding hydrogens is 254 g/mol. The van der Waals surface area contributed by atoms with Crippen LogP contribution in [0.1, 0.15) is 19.5 Å². The van der Waals surface area contributed by atoms with Crippen molar-refractivity contribution >= 4 is 27.0 Å². The monoisotopic (exact) mass is 262 g/mol. The highest BCUT2D eigenvalue weighted by Gasteiger charge is 2.22. The van der Waals surface area contributed by atoms with Crippen LogP contribution in [0.5, 0.6) is 0 Å². The van der Waals surface area contributed by atoms with Gasteiger partial charge >= 0.3 is 0 Å². The summed E-state index contributed by atoms with van der Waals surface area (Å²) in [6, 6.07) is 3.47. The van der Waals surface area contributed by atoms with Crippen molar-refractivity contribution in [2.24, 2.45) is 0 Å². The lowest BCUT2D eigenvalue weighted by Crippen LogP contribution is -2.24. The Hall–Kier alpha value is -0.260. The van der Waals surface area contributed by atoms with Crippen LogP contribution in [0.15, 0.2) is 22.8 Å². The third-order valence-corrected chi connectivity index (χ3v) is 3.27. The lowest BCUT2D eigenvalue weighted by Gasteiger charge is -2.26. The molecule has 0 aliphatic carbocycles. The van der Waals surface area contributed by atoms with Crippen molar-refractivity contribution in [1.29, 1.82) is 0 Å². The summed E-state index contributed by atoms with van der Waals surface area (Å²) in [7, 11) is 0. The molecule has 3 nitrogen and oxygen atoms in total. The van der Waals surface area contributed by atoms with E-state index in [9.17, 15) is 8.76 Å². The number of nitrogens with zero attached hydrogens (tertiary/aromatic N) is 1. The molecule has 0 saturated heterocycles. The summed E-state index contributed by atoms with van der Waals surface area (Å²) in [5.74, 6) is 0. The SMILES string of the molecule is CC(C)(c1ccc(Br)cn1)S(=O)[O-]. The molecule has 0 spiro atoms. The van der Waals surface area contributed by atoms with Crippen LogP contribution in [0.3, 0.4) is 0 Å². The van der Waals surface area contributed by atoms with Gasteiger partial charge in [0.2, 0.25) is 0 Å². The highest BCUT2D eigenvalue weighted by molar-refractivity contribution is 9.10. The van der Waals surface area contributed by atoms with Gasteiger partial charge in [0.25, 0.3) is 0 Å². The van der Waals surface area contributed by atoms with Crippen LogP contribution < -0.4 is 0 Å². The van der Waals surface area contributed by atoms with E-state index in [4.69, 9.17) is 0 Å². The van der Waals surface area contributed by atoms with Crippen LogP contribution in [0.4, 0.5) is 0 Å². The van der Waals surface area contributed by atoms with Gasteiger partial charge in [-0.1, -0.05) is 0 Å². The maximum Gasteiger partial charge on any atom is 0.0691 e. The molecule has 1 rings (SSSR count). The predicted molar refractivity (Wildman–Crippen MR) is 53.9 cm³/mol. The van der Waals surface area contributed by atoms with Crippen molar-refractivity contribution < 1.29 is 8.76 Å². The van der Waals surface area contributed by atoms with Gasteiger partial charge < -0.3 is 4.55 Å². The smallest absolute Gasteiger partial charge is 0.0691 e. The first-order valence-corrected chi connectivity index (χ1v) is 5.53. The first kappa shape index (κ1) is 10.8. The van der Waals surface area contributed by atoms with Crippen LogP contribution in [-0.2, 0) is 15.8 Å². The molecule has 0 saturated carbocycles. The van der Waals surface area contributed by atoms with Crippen LogP contribution in [-0.4, -0.2) is 13.7 Å². The molecule has 0 bridgehead atoms. The van der Waals surface area contributed by atoms with Gasteiger partial charge in [0.1, 0.15) is 0 Å². The molecule has 1 unspecified atom stereocenters. The molecule has 0 N–H and O–H groups in total. The van der Waals surface area contributed by atoms with Gasteiger partial charge in [0.05, 0.1) is 10.4 Å². The maximum absolute atomic E-state index is 10.9. The highest BCUT2D eigenvalue weighted by atomic mass is 79.9. The number of hydrogen-bond donors (Lipinski definition) is 0. The minimum Gasteiger partial charge on any atom is -0.772 e. The molecule has 0 aromatic carbocycles. The lowest BCUT2D eigenvalue weighted by molar-refractivity contribution is 0.497.